The van der Waals surface area contributed by atoms with E-state index in [-0.39, 0.29) is 18.3 Å². The summed E-state index contributed by atoms with van der Waals surface area (Å²) in [5, 5.41) is 9.70. The van der Waals surface area contributed by atoms with Gasteiger partial charge in [0.15, 0.2) is 0 Å². The molecule has 0 saturated heterocycles. The average molecular weight is 476 g/mol. The highest BCUT2D eigenvalue weighted by Gasteiger charge is 2.51. The Balaban J connectivity index is 1.02. The van der Waals surface area contributed by atoms with Crippen molar-refractivity contribution < 1.29 is 19.4 Å². The second-order valence-electron chi connectivity index (χ2n) is 10.9. The van der Waals surface area contributed by atoms with E-state index < -0.39 is 17.3 Å². The number of carboxylic acids is 1. The van der Waals surface area contributed by atoms with Gasteiger partial charge in [0.2, 0.25) is 0 Å². The average Bonchev–Trinajstić information content (AvgIpc) is 3.66. The van der Waals surface area contributed by atoms with Gasteiger partial charge in [0.05, 0.1) is 17.4 Å². The zero-order valence-electron chi connectivity index (χ0n) is 20.6. The highest BCUT2D eigenvalue weighted by molar-refractivity contribution is 5.95. The summed E-state index contributed by atoms with van der Waals surface area (Å²) in [6.45, 7) is 0.409. The summed E-state index contributed by atoms with van der Waals surface area (Å²) in [5.41, 5.74) is 4.53. The molecule has 1 N–H and O–H groups in total. The Morgan fingerprint density at radius 2 is 1.83 bits per heavy atom. The molecule has 35 heavy (non-hydrogen) atoms. The first kappa shape index (κ1) is 24.2. The van der Waals surface area contributed by atoms with Crippen LogP contribution in [0.15, 0.2) is 42.5 Å². The molecular formula is C30H37NO4. The molecular weight excluding hydrogens is 438 g/mol. The molecule has 1 aromatic carbocycles. The number of nitrogens with zero attached hydrogens (tertiary/aromatic N) is 1. The number of ketones is 1. The maximum Gasteiger partial charge on any atom is 0.307 e. The number of hydrogen-bond acceptors (Lipinski definition) is 4. The van der Waals surface area contributed by atoms with Gasteiger partial charge in [-0.05, 0) is 93.7 Å². The van der Waals surface area contributed by atoms with Crippen molar-refractivity contribution in [3.05, 3.63) is 65.0 Å². The molecule has 2 aromatic rings. The lowest BCUT2D eigenvalue weighted by molar-refractivity contribution is -0.145. The number of carbonyl (C=O) groups excluding carboxylic acids is 1. The Morgan fingerprint density at radius 3 is 2.57 bits per heavy atom. The summed E-state index contributed by atoms with van der Waals surface area (Å²) in [7, 11) is 0. The molecule has 0 bridgehead atoms. The van der Waals surface area contributed by atoms with E-state index in [0.29, 0.717) is 18.9 Å². The van der Waals surface area contributed by atoms with E-state index in [1.807, 2.05) is 30.3 Å². The summed E-state index contributed by atoms with van der Waals surface area (Å²) in [6.07, 6.45) is 11.4. The van der Waals surface area contributed by atoms with Crippen LogP contribution in [0.1, 0.15) is 80.3 Å². The van der Waals surface area contributed by atoms with E-state index in [0.717, 1.165) is 50.5 Å². The van der Waals surface area contributed by atoms with Crippen LogP contribution in [0.4, 0.5) is 0 Å². The van der Waals surface area contributed by atoms with Crippen LogP contribution >= 0.6 is 0 Å². The van der Waals surface area contributed by atoms with E-state index in [4.69, 9.17) is 9.72 Å². The number of benzene rings is 1. The fourth-order valence-corrected chi connectivity index (χ4v) is 5.88. The van der Waals surface area contributed by atoms with E-state index in [2.05, 4.69) is 12.1 Å². The number of carbonyl (C=O) groups is 2. The summed E-state index contributed by atoms with van der Waals surface area (Å²) in [5.74, 6) is -0.838. The quantitative estimate of drug-likeness (QED) is 0.440. The molecule has 3 aliphatic rings. The topological polar surface area (TPSA) is 76.5 Å². The Hall–Kier alpha value is -2.53. The van der Waals surface area contributed by atoms with Crippen molar-refractivity contribution >= 4 is 11.8 Å². The van der Waals surface area contributed by atoms with Crippen molar-refractivity contribution in [1.82, 2.24) is 4.98 Å². The minimum atomic E-state index is -0.894. The number of aryl methyl sites for hydroxylation is 3. The largest absolute Gasteiger partial charge is 0.481 e. The van der Waals surface area contributed by atoms with Crippen LogP contribution in [-0.4, -0.2) is 34.6 Å². The Bertz CT molecular complexity index is 1040. The van der Waals surface area contributed by atoms with Crippen molar-refractivity contribution in [2.24, 2.45) is 11.8 Å². The van der Waals surface area contributed by atoms with Gasteiger partial charge < -0.3 is 9.84 Å². The fourth-order valence-electron chi connectivity index (χ4n) is 5.88. The first-order valence-corrected chi connectivity index (χ1v) is 13.4. The van der Waals surface area contributed by atoms with Crippen LogP contribution in [0.3, 0.4) is 0 Å². The summed E-state index contributed by atoms with van der Waals surface area (Å²) in [4.78, 5) is 29.7. The number of hydrogen-bond donors (Lipinski definition) is 1. The van der Waals surface area contributed by atoms with Crippen molar-refractivity contribution in [3.8, 4) is 0 Å². The third-order valence-electron chi connectivity index (χ3n) is 8.45. The number of aliphatic carboxylic acids is 1. The fraction of sp³-hybridized carbons (Fsp3) is 0.567. The number of fused-ring (bicyclic) bond motifs is 1. The van der Waals surface area contributed by atoms with Gasteiger partial charge in [-0.1, -0.05) is 36.4 Å². The predicted octanol–water partition coefficient (Wildman–Crippen LogP) is 5.47. The Morgan fingerprint density at radius 1 is 1.06 bits per heavy atom. The lowest BCUT2D eigenvalue weighted by Gasteiger charge is -2.35. The zero-order valence-corrected chi connectivity index (χ0v) is 20.6. The van der Waals surface area contributed by atoms with E-state index >= 15 is 0 Å². The molecule has 2 fully saturated rings. The van der Waals surface area contributed by atoms with Gasteiger partial charge in [-0.3, -0.25) is 14.6 Å². The van der Waals surface area contributed by atoms with Crippen molar-refractivity contribution in [1.29, 1.82) is 0 Å². The third kappa shape index (κ3) is 5.66. The van der Waals surface area contributed by atoms with Gasteiger partial charge in [0, 0.05) is 24.4 Å². The highest BCUT2D eigenvalue weighted by Crippen LogP contribution is 2.50. The first-order chi connectivity index (χ1) is 17.0. The molecule has 3 aliphatic carbocycles. The number of rotatable bonds is 12. The number of carboxylic acid groups (broad SMARTS) is 1. The lowest BCUT2D eigenvalue weighted by atomic mass is 9.79. The maximum absolute atomic E-state index is 13.0. The summed E-state index contributed by atoms with van der Waals surface area (Å²) in [6, 6.07) is 14.3. The standard InChI is InChI=1S/C30H37NO4/c32-28(30(15-16-30)24-7-2-1-3-8-24)20-23(29(33)34)14-17-35-26-18-21(19-26)10-12-25-13-11-22-6-4-5-9-27(22)31-25/h1-3,7-8,11,13,21,23,26H,4-6,9-10,12,14-20H2,(H,33,34). The Kier molecular flexibility index (Phi) is 7.33. The van der Waals surface area contributed by atoms with Crippen molar-refractivity contribution in [2.75, 3.05) is 6.61 Å². The van der Waals surface area contributed by atoms with E-state index in [9.17, 15) is 14.7 Å². The van der Waals surface area contributed by atoms with Gasteiger partial charge in [-0.2, -0.15) is 0 Å². The molecule has 5 rings (SSSR count). The smallest absolute Gasteiger partial charge is 0.307 e. The molecule has 5 heteroatoms. The van der Waals surface area contributed by atoms with Crippen LogP contribution in [0.25, 0.3) is 0 Å². The second-order valence-corrected chi connectivity index (χ2v) is 10.9. The number of Topliss-reactive ketones (excluding diaryl/α,β-unsaturated/α-hetero) is 1. The molecule has 186 valence electrons. The van der Waals surface area contributed by atoms with Crippen LogP contribution < -0.4 is 0 Å². The van der Waals surface area contributed by atoms with E-state index in [1.54, 1.807) is 0 Å². The molecule has 1 aromatic heterocycles. The van der Waals surface area contributed by atoms with Gasteiger partial charge >= 0.3 is 5.97 Å². The molecule has 0 aliphatic heterocycles. The molecule has 2 saturated carbocycles. The lowest BCUT2D eigenvalue weighted by Crippen LogP contribution is -2.33. The molecule has 0 radical (unpaired) electrons. The monoisotopic (exact) mass is 475 g/mol. The van der Waals surface area contributed by atoms with Gasteiger partial charge in [-0.15, -0.1) is 0 Å². The molecule has 1 heterocycles. The highest BCUT2D eigenvalue weighted by atomic mass is 16.5. The summed E-state index contributed by atoms with van der Waals surface area (Å²) < 4.78 is 5.99. The number of ether oxygens (including phenoxy) is 1. The van der Waals surface area contributed by atoms with Crippen molar-refractivity contribution in [2.45, 2.75) is 88.6 Å². The van der Waals surface area contributed by atoms with Crippen LogP contribution in [0.5, 0.6) is 0 Å². The van der Waals surface area contributed by atoms with Gasteiger partial charge in [0.1, 0.15) is 5.78 Å². The van der Waals surface area contributed by atoms with Crippen LogP contribution in [0, 0.1) is 11.8 Å². The maximum atomic E-state index is 13.0. The first-order valence-electron chi connectivity index (χ1n) is 13.4. The van der Waals surface area contributed by atoms with Crippen molar-refractivity contribution in [3.63, 3.8) is 0 Å². The SMILES string of the molecule is O=C(O)C(CCOC1CC(CCc2ccc3c(n2)CCCC3)C1)CC(=O)C1(c2ccccc2)CC1. The third-order valence-corrected chi connectivity index (χ3v) is 8.45. The Labute approximate surface area is 208 Å². The zero-order chi connectivity index (χ0) is 24.3. The molecule has 0 spiro atoms. The predicted molar refractivity (Wildman–Crippen MR) is 134 cm³/mol. The number of pyridine rings is 1. The van der Waals surface area contributed by atoms with Crippen LogP contribution in [0.2, 0.25) is 0 Å². The second kappa shape index (κ2) is 10.6. The van der Waals surface area contributed by atoms with Gasteiger partial charge in [0.25, 0.3) is 0 Å². The normalized spacial score (nSPS) is 23.1. The minimum absolute atomic E-state index is 0.0654. The van der Waals surface area contributed by atoms with Crippen LogP contribution in [-0.2, 0) is 39.0 Å². The molecule has 1 atom stereocenters. The minimum Gasteiger partial charge on any atom is -0.481 e. The summed E-state index contributed by atoms with van der Waals surface area (Å²) >= 11 is 0. The van der Waals surface area contributed by atoms with Gasteiger partial charge in [-0.25, -0.2) is 0 Å². The number of aromatic nitrogens is 1. The molecule has 1 unspecified atom stereocenters. The molecule has 0 amide bonds. The molecule has 5 nitrogen and oxygen atoms in total. The van der Waals surface area contributed by atoms with E-state index in [1.165, 1.54) is 36.2 Å².